The average molecular weight is 597 g/mol. The van der Waals surface area contributed by atoms with Crippen LogP contribution in [-0.2, 0) is 12.8 Å². The van der Waals surface area contributed by atoms with Gasteiger partial charge in [0, 0.05) is 6.21 Å². The molecule has 0 amide bonds. The Balaban J connectivity index is 1.93. The monoisotopic (exact) mass is 597 g/mol. The second-order valence-electron chi connectivity index (χ2n) is 12.4. The van der Waals surface area contributed by atoms with Gasteiger partial charge in [0.25, 0.3) is 0 Å². The SMILES string of the molecule is CCCCCCC/C=C/CCCc1ccccc1N=CC(CCCC)=Nc1ccccc1CCC/C=C/CCCCCCC. The van der Waals surface area contributed by atoms with Crippen LogP contribution in [0.3, 0.4) is 0 Å². The molecule has 0 aromatic heterocycles. The van der Waals surface area contributed by atoms with E-state index >= 15 is 0 Å². The van der Waals surface area contributed by atoms with Crippen LogP contribution < -0.4 is 0 Å². The molecule has 2 nitrogen and oxygen atoms in total. The van der Waals surface area contributed by atoms with Crippen molar-refractivity contribution in [3.8, 4) is 0 Å². The van der Waals surface area contributed by atoms with E-state index in [1.807, 2.05) is 6.21 Å². The maximum atomic E-state index is 5.17. The molecule has 0 N–H and O–H groups in total. The number of unbranched alkanes of at least 4 members (excludes halogenated alkanes) is 13. The Kier molecular flexibility index (Phi) is 22.7. The summed E-state index contributed by atoms with van der Waals surface area (Å²) in [5, 5.41) is 0. The first kappa shape index (κ1) is 37.4. The summed E-state index contributed by atoms with van der Waals surface area (Å²) in [5.74, 6) is 0. The van der Waals surface area contributed by atoms with Gasteiger partial charge in [-0.25, -0.2) is 0 Å². The Morgan fingerprint density at radius 2 is 0.955 bits per heavy atom. The van der Waals surface area contributed by atoms with E-state index in [-0.39, 0.29) is 0 Å². The Bertz CT molecular complexity index is 1090. The summed E-state index contributed by atoms with van der Waals surface area (Å²) in [4.78, 5) is 10.2. The molecule has 0 aliphatic heterocycles. The third kappa shape index (κ3) is 18.2. The number of nitrogens with zero attached hydrogens (tertiary/aromatic N) is 2. The summed E-state index contributed by atoms with van der Waals surface area (Å²) in [6.07, 6.45) is 37.6. The molecule has 2 heteroatoms. The van der Waals surface area contributed by atoms with Crippen LogP contribution in [0.5, 0.6) is 0 Å². The molecule has 44 heavy (non-hydrogen) atoms. The van der Waals surface area contributed by atoms with Gasteiger partial charge in [-0.15, -0.1) is 0 Å². The normalized spacial score (nSPS) is 12.4. The number of hydrogen-bond acceptors (Lipinski definition) is 2. The van der Waals surface area contributed by atoms with Crippen LogP contribution in [0.2, 0.25) is 0 Å². The molecule has 0 atom stereocenters. The van der Waals surface area contributed by atoms with E-state index in [2.05, 4.69) is 93.6 Å². The van der Waals surface area contributed by atoms with Crippen molar-refractivity contribution in [1.82, 2.24) is 0 Å². The lowest BCUT2D eigenvalue weighted by atomic mass is 10.0. The highest BCUT2D eigenvalue weighted by molar-refractivity contribution is 6.31. The Morgan fingerprint density at radius 3 is 1.50 bits per heavy atom. The van der Waals surface area contributed by atoms with Gasteiger partial charge >= 0.3 is 0 Å². The average Bonchev–Trinajstić information content (AvgIpc) is 3.05. The number of aliphatic imine (C=N–C) groups is 2. The zero-order valence-corrected chi connectivity index (χ0v) is 28.7. The van der Waals surface area contributed by atoms with Crippen molar-refractivity contribution in [2.75, 3.05) is 0 Å². The van der Waals surface area contributed by atoms with Gasteiger partial charge < -0.3 is 0 Å². The molecule has 2 aromatic rings. The zero-order valence-electron chi connectivity index (χ0n) is 28.7. The van der Waals surface area contributed by atoms with Crippen molar-refractivity contribution >= 4 is 23.3 Å². The molecule has 0 heterocycles. The lowest BCUT2D eigenvalue weighted by Crippen LogP contribution is -2.00. The van der Waals surface area contributed by atoms with Gasteiger partial charge in [-0.3, -0.25) is 9.98 Å². The van der Waals surface area contributed by atoms with Gasteiger partial charge in [-0.2, -0.15) is 0 Å². The van der Waals surface area contributed by atoms with E-state index < -0.39 is 0 Å². The van der Waals surface area contributed by atoms with Crippen LogP contribution >= 0.6 is 0 Å². The highest BCUT2D eigenvalue weighted by atomic mass is 14.8. The minimum absolute atomic E-state index is 0.959. The second kappa shape index (κ2) is 26.6. The smallest absolute Gasteiger partial charge is 0.0665 e. The molecule has 0 radical (unpaired) electrons. The molecule has 0 aliphatic carbocycles. The van der Waals surface area contributed by atoms with Crippen LogP contribution in [0.4, 0.5) is 11.4 Å². The lowest BCUT2D eigenvalue weighted by molar-refractivity contribution is 0.637. The van der Waals surface area contributed by atoms with E-state index in [1.165, 1.54) is 94.6 Å². The second-order valence-corrected chi connectivity index (χ2v) is 12.4. The molecule has 242 valence electrons. The summed E-state index contributed by atoms with van der Waals surface area (Å²) in [6, 6.07) is 17.3. The van der Waals surface area contributed by atoms with Crippen molar-refractivity contribution in [3.63, 3.8) is 0 Å². The van der Waals surface area contributed by atoms with E-state index in [1.54, 1.807) is 0 Å². The summed E-state index contributed by atoms with van der Waals surface area (Å²) in [6.45, 7) is 6.81. The zero-order chi connectivity index (χ0) is 31.3. The van der Waals surface area contributed by atoms with E-state index in [0.717, 1.165) is 68.5 Å². The van der Waals surface area contributed by atoms with Crippen LogP contribution in [0.15, 0.2) is 82.8 Å². The summed E-state index contributed by atoms with van der Waals surface area (Å²) < 4.78 is 0. The summed E-state index contributed by atoms with van der Waals surface area (Å²) in [7, 11) is 0. The lowest BCUT2D eigenvalue weighted by Gasteiger charge is -2.08. The Hall–Kier alpha value is -2.74. The molecule has 0 aliphatic rings. The molecule has 0 bridgehead atoms. The molecule has 2 aromatic carbocycles. The number of rotatable bonds is 26. The van der Waals surface area contributed by atoms with Gasteiger partial charge in [-0.1, -0.05) is 139 Å². The van der Waals surface area contributed by atoms with E-state index in [9.17, 15) is 0 Å². The molecule has 0 unspecified atom stereocenters. The first-order valence-corrected chi connectivity index (χ1v) is 18.4. The molecule has 0 spiro atoms. The third-order valence-corrected chi connectivity index (χ3v) is 8.30. The van der Waals surface area contributed by atoms with Gasteiger partial charge in [0.2, 0.25) is 0 Å². The highest BCUT2D eigenvalue weighted by Crippen LogP contribution is 2.24. The predicted molar refractivity (Wildman–Crippen MR) is 199 cm³/mol. The summed E-state index contributed by atoms with van der Waals surface area (Å²) in [5.41, 5.74) is 5.95. The number of benzene rings is 2. The van der Waals surface area contributed by atoms with Gasteiger partial charge in [0.1, 0.15) is 0 Å². The fourth-order valence-electron chi connectivity index (χ4n) is 5.51. The van der Waals surface area contributed by atoms with Gasteiger partial charge in [-0.05, 0) is 100 Å². The van der Waals surface area contributed by atoms with E-state index in [4.69, 9.17) is 9.98 Å². The van der Waals surface area contributed by atoms with Crippen LogP contribution in [0.25, 0.3) is 0 Å². The maximum absolute atomic E-state index is 5.17. The van der Waals surface area contributed by atoms with Crippen molar-refractivity contribution in [2.24, 2.45) is 9.98 Å². The molecule has 0 saturated carbocycles. The molecule has 0 fully saturated rings. The minimum Gasteiger partial charge on any atom is -0.255 e. The fourth-order valence-corrected chi connectivity index (χ4v) is 5.51. The van der Waals surface area contributed by atoms with Crippen molar-refractivity contribution in [2.45, 2.75) is 156 Å². The first-order valence-electron chi connectivity index (χ1n) is 18.4. The molecule has 2 rings (SSSR count). The van der Waals surface area contributed by atoms with Crippen LogP contribution in [0.1, 0.15) is 154 Å². The largest absolute Gasteiger partial charge is 0.255 e. The first-order chi connectivity index (χ1) is 21.8. The minimum atomic E-state index is 0.959. The Labute approximate surface area is 272 Å². The number of aryl methyl sites for hydroxylation is 2. The molecule has 0 saturated heterocycles. The summed E-state index contributed by atoms with van der Waals surface area (Å²) >= 11 is 0. The van der Waals surface area contributed by atoms with Crippen LogP contribution in [-0.4, -0.2) is 11.9 Å². The number of para-hydroxylation sites is 2. The third-order valence-electron chi connectivity index (χ3n) is 8.30. The van der Waals surface area contributed by atoms with E-state index in [0.29, 0.717) is 0 Å². The Morgan fingerprint density at radius 1 is 0.500 bits per heavy atom. The fraction of sp³-hybridized carbons (Fsp3) is 0.571. The number of allylic oxidation sites excluding steroid dienone is 4. The predicted octanol–water partition coefficient (Wildman–Crippen LogP) is 13.8. The van der Waals surface area contributed by atoms with Crippen LogP contribution in [0, 0.1) is 0 Å². The topological polar surface area (TPSA) is 24.7 Å². The van der Waals surface area contributed by atoms with Crippen molar-refractivity contribution in [1.29, 1.82) is 0 Å². The van der Waals surface area contributed by atoms with Crippen molar-refractivity contribution < 1.29 is 0 Å². The maximum Gasteiger partial charge on any atom is 0.0665 e. The molecular formula is C42H64N2. The quantitative estimate of drug-likeness (QED) is 0.0586. The van der Waals surface area contributed by atoms with Gasteiger partial charge in [0.05, 0.1) is 17.1 Å². The van der Waals surface area contributed by atoms with Crippen molar-refractivity contribution in [3.05, 3.63) is 84.0 Å². The number of hydrogen-bond donors (Lipinski definition) is 0. The standard InChI is InChI=1S/C42H64N2/c1-4-7-10-12-14-16-18-20-22-24-30-38-32-26-28-35-41(38)43-37-40(34-9-6-3)44-42-36-29-27-33-39(42)31-25-23-21-19-17-15-13-11-8-5-2/h18-21,26-29,32-33,35-37H,4-17,22-25,30-31,34H2,1-3H3/b20-18+,21-19+,43-37?,44-40?. The highest BCUT2D eigenvalue weighted by Gasteiger charge is 2.05. The molecular weight excluding hydrogens is 532 g/mol. The van der Waals surface area contributed by atoms with Gasteiger partial charge in [0.15, 0.2) is 0 Å².